The van der Waals surface area contributed by atoms with E-state index in [2.05, 4.69) is 10.6 Å². The van der Waals surface area contributed by atoms with E-state index in [1.807, 2.05) is 12.3 Å². The number of benzene rings is 2. The van der Waals surface area contributed by atoms with Crippen LogP contribution in [-0.4, -0.2) is 18.1 Å². The molecule has 7 heteroatoms. The molecular weight excluding hydrogens is 343 g/mol. The van der Waals surface area contributed by atoms with E-state index in [0.29, 0.717) is 16.4 Å². The van der Waals surface area contributed by atoms with Crippen LogP contribution in [0.2, 0.25) is 10.0 Å². The topological polar surface area (TPSA) is 58.2 Å². The van der Waals surface area contributed by atoms with Crippen molar-refractivity contribution < 1.29 is 9.59 Å². The number of hydrogen-bond donors (Lipinski definition) is 2. The maximum absolute atomic E-state index is 11.9. The maximum Gasteiger partial charge on any atom is 0.314 e. The molecule has 0 aliphatic rings. The summed E-state index contributed by atoms with van der Waals surface area (Å²) in [5.74, 6) is -1.58. The molecule has 0 spiro atoms. The number of carbonyl (C=O) groups excluding carboxylic acids is 2. The van der Waals surface area contributed by atoms with Gasteiger partial charge in [-0.3, -0.25) is 9.59 Å². The molecule has 0 saturated carbocycles. The van der Waals surface area contributed by atoms with Crippen molar-refractivity contribution in [3.8, 4) is 0 Å². The first-order valence-electron chi connectivity index (χ1n) is 6.21. The molecule has 0 heterocycles. The van der Waals surface area contributed by atoms with Crippen LogP contribution in [0.25, 0.3) is 0 Å². The molecular formula is C15H12Cl2N2O2S. The van der Waals surface area contributed by atoms with Gasteiger partial charge in [-0.25, -0.2) is 0 Å². The van der Waals surface area contributed by atoms with Gasteiger partial charge in [-0.15, -0.1) is 11.8 Å². The van der Waals surface area contributed by atoms with Crippen LogP contribution in [0.4, 0.5) is 11.4 Å². The number of rotatable bonds is 3. The van der Waals surface area contributed by atoms with Crippen LogP contribution in [-0.2, 0) is 9.59 Å². The van der Waals surface area contributed by atoms with Gasteiger partial charge in [0.2, 0.25) is 0 Å². The Morgan fingerprint density at radius 3 is 2.41 bits per heavy atom. The van der Waals surface area contributed by atoms with Crippen molar-refractivity contribution in [2.45, 2.75) is 4.90 Å². The molecule has 0 aromatic heterocycles. The minimum absolute atomic E-state index is 0.262. The Hall–Kier alpha value is -1.69. The van der Waals surface area contributed by atoms with Gasteiger partial charge in [0.25, 0.3) is 0 Å². The number of carbonyl (C=O) groups is 2. The predicted octanol–water partition coefficient (Wildman–Crippen LogP) is 4.29. The maximum atomic E-state index is 11.9. The first-order valence-corrected chi connectivity index (χ1v) is 8.19. The zero-order valence-electron chi connectivity index (χ0n) is 11.5. The molecule has 0 aliphatic carbocycles. The molecule has 2 amide bonds. The lowest BCUT2D eigenvalue weighted by atomic mass is 10.3. The van der Waals surface area contributed by atoms with E-state index < -0.39 is 11.8 Å². The fraction of sp³-hybridized carbons (Fsp3) is 0.0667. The van der Waals surface area contributed by atoms with Gasteiger partial charge in [0.1, 0.15) is 0 Å². The fourth-order valence-electron chi connectivity index (χ4n) is 1.66. The Kier molecular flexibility index (Phi) is 5.71. The molecule has 0 aliphatic heterocycles. The van der Waals surface area contributed by atoms with E-state index in [-0.39, 0.29) is 5.02 Å². The summed E-state index contributed by atoms with van der Waals surface area (Å²) in [6.45, 7) is 0. The van der Waals surface area contributed by atoms with Gasteiger partial charge in [0, 0.05) is 15.6 Å². The first kappa shape index (κ1) is 16.7. The van der Waals surface area contributed by atoms with Gasteiger partial charge in [0.15, 0.2) is 0 Å². The molecule has 2 N–H and O–H groups in total. The van der Waals surface area contributed by atoms with Crippen LogP contribution in [0.1, 0.15) is 0 Å². The average Bonchev–Trinajstić information content (AvgIpc) is 2.50. The Morgan fingerprint density at radius 2 is 1.73 bits per heavy atom. The van der Waals surface area contributed by atoms with Crippen molar-refractivity contribution in [3.05, 3.63) is 52.5 Å². The molecule has 4 nitrogen and oxygen atoms in total. The highest BCUT2D eigenvalue weighted by Gasteiger charge is 2.15. The summed E-state index contributed by atoms with van der Waals surface area (Å²) in [5, 5.41) is 5.68. The van der Waals surface area contributed by atoms with Crippen molar-refractivity contribution in [2.75, 3.05) is 16.9 Å². The van der Waals surface area contributed by atoms with Crippen LogP contribution in [0.15, 0.2) is 47.4 Å². The van der Waals surface area contributed by atoms with Gasteiger partial charge in [-0.2, -0.15) is 0 Å². The SMILES string of the molecule is CSc1cccc(NC(=O)C(=O)Nc2ccc(Cl)cc2Cl)c1. The lowest BCUT2D eigenvalue weighted by Crippen LogP contribution is -2.29. The lowest BCUT2D eigenvalue weighted by Gasteiger charge is -2.08. The van der Waals surface area contributed by atoms with Gasteiger partial charge < -0.3 is 10.6 Å². The molecule has 0 unspecified atom stereocenters. The van der Waals surface area contributed by atoms with E-state index in [9.17, 15) is 9.59 Å². The van der Waals surface area contributed by atoms with Gasteiger partial charge in [-0.1, -0.05) is 29.3 Å². The van der Waals surface area contributed by atoms with Crippen molar-refractivity contribution in [2.24, 2.45) is 0 Å². The second kappa shape index (κ2) is 7.54. The van der Waals surface area contributed by atoms with Crippen LogP contribution >= 0.6 is 35.0 Å². The fourth-order valence-corrected chi connectivity index (χ4v) is 2.57. The largest absolute Gasteiger partial charge is 0.318 e. The second-order valence-corrected chi connectivity index (χ2v) is 5.99. The Bertz CT molecular complexity index is 722. The third-order valence-corrected chi connectivity index (χ3v) is 3.99. The molecule has 22 heavy (non-hydrogen) atoms. The second-order valence-electron chi connectivity index (χ2n) is 4.26. The summed E-state index contributed by atoms with van der Waals surface area (Å²) < 4.78 is 0. The molecule has 0 atom stereocenters. The van der Waals surface area contributed by atoms with Crippen molar-refractivity contribution in [3.63, 3.8) is 0 Å². The molecule has 0 bridgehead atoms. The molecule has 0 fully saturated rings. The molecule has 0 saturated heterocycles. The summed E-state index contributed by atoms with van der Waals surface area (Å²) in [5.41, 5.74) is 0.873. The standard InChI is InChI=1S/C15H12Cl2N2O2S/c1-22-11-4-2-3-10(8-11)18-14(20)15(21)19-13-6-5-9(16)7-12(13)17/h2-8H,1H3,(H,18,20)(H,19,21). The van der Waals surface area contributed by atoms with E-state index in [1.165, 1.54) is 12.1 Å². The minimum Gasteiger partial charge on any atom is -0.318 e. The van der Waals surface area contributed by atoms with Gasteiger partial charge >= 0.3 is 11.8 Å². The van der Waals surface area contributed by atoms with E-state index in [0.717, 1.165) is 4.90 Å². The summed E-state index contributed by atoms with van der Waals surface area (Å²) in [7, 11) is 0. The first-order chi connectivity index (χ1) is 10.5. The van der Waals surface area contributed by atoms with Crippen molar-refractivity contribution in [1.82, 2.24) is 0 Å². The van der Waals surface area contributed by atoms with Crippen LogP contribution in [0.3, 0.4) is 0 Å². The van der Waals surface area contributed by atoms with Gasteiger partial charge in [-0.05, 0) is 42.7 Å². The summed E-state index contributed by atoms with van der Waals surface area (Å²) in [6.07, 6.45) is 1.93. The van der Waals surface area contributed by atoms with Crippen molar-refractivity contribution in [1.29, 1.82) is 0 Å². The Balaban J connectivity index is 2.04. The lowest BCUT2D eigenvalue weighted by molar-refractivity contribution is -0.132. The quantitative estimate of drug-likeness (QED) is 0.638. The number of hydrogen-bond acceptors (Lipinski definition) is 3. The normalized spacial score (nSPS) is 10.1. The predicted molar refractivity (Wildman–Crippen MR) is 91.9 cm³/mol. The number of halogens is 2. The summed E-state index contributed by atoms with van der Waals surface area (Å²) in [4.78, 5) is 24.8. The van der Waals surface area contributed by atoms with Crippen LogP contribution in [0, 0.1) is 0 Å². The molecule has 2 aromatic rings. The van der Waals surface area contributed by atoms with E-state index >= 15 is 0 Å². The highest BCUT2D eigenvalue weighted by atomic mass is 35.5. The Labute approximate surface area is 142 Å². The minimum atomic E-state index is -0.807. The number of amides is 2. The number of thioether (sulfide) groups is 1. The van der Waals surface area contributed by atoms with Crippen LogP contribution in [0.5, 0.6) is 0 Å². The van der Waals surface area contributed by atoms with Crippen LogP contribution < -0.4 is 10.6 Å². The zero-order valence-corrected chi connectivity index (χ0v) is 13.9. The van der Waals surface area contributed by atoms with E-state index in [1.54, 1.807) is 36.0 Å². The average molecular weight is 355 g/mol. The third-order valence-electron chi connectivity index (χ3n) is 2.71. The molecule has 2 rings (SSSR count). The molecule has 0 radical (unpaired) electrons. The summed E-state index contributed by atoms with van der Waals surface area (Å²) in [6, 6.07) is 11.8. The smallest absolute Gasteiger partial charge is 0.314 e. The highest BCUT2D eigenvalue weighted by Crippen LogP contribution is 2.25. The number of anilines is 2. The van der Waals surface area contributed by atoms with Gasteiger partial charge in [0.05, 0.1) is 10.7 Å². The highest BCUT2D eigenvalue weighted by molar-refractivity contribution is 7.98. The third kappa shape index (κ3) is 4.40. The molecule has 114 valence electrons. The monoisotopic (exact) mass is 354 g/mol. The summed E-state index contributed by atoms with van der Waals surface area (Å²) >= 11 is 13.3. The van der Waals surface area contributed by atoms with Crippen molar-refractivity contribution >= 4 is 58.2 Å². The zero-order chi connectivity index (χ0) is 16.1. The van der Waals surface area contributed by atoms with E-state index in [4.69, 9.17) is 23.2 Å². The Morgan fingerprint density at radius 1 is 1.00 bits per heavy atom. The number of nitrogens with one attached hydrogen (secondary N) is 2. The molecule has 2 aromatic carbocycles.